The number of ether oxygens (including phenoxy) is 1. The van der Waals surface area contributed by atoms with Gasteiger partial charge in [-0.1, -0.05) is 0 Å². The summed E-state index contributed by atoms with van der Waals surface area (Å²) in [5.74, 6) is 0.0515. The van der Waals surface area contributed by atoms with Crippen LogP contribution in [0.5, 0.6) is 0 Å². The SMILES string of the molecule is C[C@@H]1C(N(C)c2nc(Cl)nc3c(F)c(Br)ccc23)CCN1C(=O)OC(C)(C)C. The summed E-state index contributed by atoms with van der Waals surface area (Å²) in [6.07, 6.45) is 0.399. The van der Waals surface area contributed by atoms with Crippen molar-refractivity contribution in [2.45, 2.75) is 51.8 Å². The largest absolute Gasteiger partial charge is 0.444 e. The third kappa shape index (κ3) is 4.03. The monoisotopic (exact) mass is 472 g/mol. The molecule has 0 saturated carbocycles. The second-order valence-corrected chi connectivity index (χ2v) is 9.15. The molecule has 0 bridgehead atoms. The van der Waals surface area contributed by atoms with Gasteiger partial charge < -0.3 is 14.5 Å². The van der Waals surface area contributed by atoms with Crippen molar-refractivity contribution in [3.63, 3.8) is 0 Å². The van der Waals surface area contributed by atoms with E-state index in [1.807, 2.05) is 39.6 Å². The Morgan fingerprint density at radius 3 is 2.71 bits per heavy atom. The van der Waals surface area contributed by atoms with E-state index in [0.29, 0.717) is 22.2 Å². The summed E-state index contributed by atoms with van der Waals surface area (Å²) in [5.41, 5.74) is -0.395. The number of hydrogen-bond donors (Lipinski definition) is 0. The molecule has 152 valence electrons. The smallest absolute Gasteiger partial charge is 0.410 e. The van der Waals surface area contributed by atoms with Crippen LogP contribution in [0.3, 0.4) is 0 Å². The number of fused-ring (bicyclic) bond motifs is 1. The second-order valence-electron chi connectivity index (χ2n) is 7.96. The number of hydrogen-bond acceptors (Lipinski definition) is 5. The molecule has 0 aliphatic carbocycles. The fraction of sp³-hybridized carbons (Fsp3) is 0.526. The Hall–Kier alpha value is -1.67. The van der Waals surface area contributed by atoms with Gasteiger partial charge in [-0.2, -0.15) is 4.98 Å². The predicted octanol–water partition coefficient (Wildman–Crippen LogP) is 5.02. The number of nitrogens with zero attached hydrogens (tertiary/aromatic N) is 4. The minimum atomic E-state index is -0.553. The molecule has 0 spiro atoms. The second kappa shape index (κ2) is 7.63. The molecule has 28 heavy (non-hydrogen) atoms. The normalized spacial score (nSPS) is 19.9. The Bertz CT molecular complexity index is 921. The lowest BCUT2D eigenvalue weighted by Crippen LogP contribution is -2.45. The van der Waals surface area contributed by atoms with Crippen LogP contribution in [0, 0.1) is 5.82 Å². The number of amides is 1. The van der Waals surface area contributed by atoms with Crippen LogP contribution in [0.1, 0.15) is 34.1 Å². The Morgan fingerprint density at radius 2 is 2.07 bits per heavy atom. The van der Waals surface area contributed by atoms with Crippen LogP contribution in [0.2, 0.25) is 5.28 Å². The van der Waals surface area contributed by atoms with E-state index >= 15 is 0 Å². The molecule has 3 rings (SSSR count). The van der Waals surface area contributed by atoms with Gasteiger partial charge in [0.15, 0.2) is 5.82 Å². The van der Waals surface area contributed by atoms with Gasteiger partial charge in [0.25, 0.3) is 0 Å². The van der Waals surface area contributed by atoms with E-state index in [4.69, 9.17) is 16.3 Å². The molecule has 1 aromatic heterocycles. The fourth-order valence-electron chi connectivity index (χ4n) is 3.54. The molecule has 2 atom stereocenters. The quantitative estimate of drug-likeness (QED) is 0.573. The number of anilines is 1. The van der Waals surface area contributed by atoms with Gasteiger partial charge in [0, 0.05) is 19.0 Å². The van der Waals surface area contributed by atoms with Crippen LogP contribution >= 0.6 is 27.5 Å². The number of benzene rings is 1. The first-order chi connectivity index (χ1) is 13.0. The number of likely N-dealkylation sites (N-methyl/N-ethyl adjacent to an activating group) is 1. The molecular formula is C19H23BrClFN4O2. The van der Waals surface area contributed by atoms with Crippen LogP contribution in [0.25, 0.3) is 10.9 Å². The highest BCUT2D eigenvalue weighted by Crippen LogP contribution is 2.34. The first-order valence-electron chi connectivity index (χ1n) is 9.03. The number of rotatable bonds is 2. The zero-order valence-corrected chi connectivity index (χ0v) is 18.8. The lowest BCUT2D eigenvalue weighted by Gasteiger charge is -2.33. The summed E-state index contributed by atoms with van der Waals surface area (Å²) in [5, 5.41) is 0.538. The Morgan fingerprint density at radius 1 is 1.39 bits per heavy atom. The van der Waals surface area contributed by atoms with Gasteiger partial charge >= 0.3 is 6.09 Å². The molecule has 1 unspecified atom stereocenters. The van der Waals surface area contributed by atoms with Crippen LogP contribution in [0.15, 0.2) is 16.6 Å². The van der Waals surface area contributed by atoms with Gasteiger partial charge in [0.2, 0.25) is 5.28 Å². The summed E-state index contributed by atoms with van der Waals surface area (Å²) in [6, 6.07) is 3.25. The highest BCUT2D eigenvalue weighted by Gasteiger charge is 2.39. The molecule has 1 fully saturated rings. The van der Waals surface area contributed by atoms with Gasteiger partial charge in [-0.25, -0.2) is 14.2 Å². The predicted molar refractivity (Wildman–Crippen MR) is 111 cm³/mol. The van der Waals surface area contributed by atoms with Crippen LogP contribution < -0.4 is 4.90 Å². The number of carbonyl (C=O) groups excluding carboxylic acids is 1. The van der Waals surface area contributed by atoms with E-state index < -0.39 is 11.4 Å². The summed E-state index contributed by atoms with van der Waals surface area (Å²) < 4.78 is 20.3. The topological polar surface area (TPSA) is 58.6 Å². The summed E-state index contributed by atoms with van der Waals surface area (Å²) >= 11 is 9.25. The number of halogens is 3. The maximum atomic E-state index is 14.5. The molecule has 1 aliphatic heterocycles. The third-order valence-electron chi connectivity index (χ3n) is 4.89. The van der Waals surface area contributed by atoms with E-state index in [1.165, 1.54) is 0 Å². The number of likely N-dealkylation sites (tertiary alicyclic amines) is 1. The number of carbonyl (C=O) groups is 1. The maximum Gasteiger partial charge on any atom is 0.410 e. The lowest BCUT2D eigenvalue weighted by molar-refractivity contribution is 0.0233. The van der Waals surface area contributed by atoms with Crippen LogP contribution in [-0.2, 0) is 4.74 Å². The maximum absolute atomic E-state index is 14.5. The highest BCUT2D eigenvalue weighted by atomic mass is 79.9. The Balaban J connectivity index is 1.92. The molecule has 1 aromatic carbocycles. The van der Waals surface area contributed by atoms with Crippen molar-refractivity contribution in [2.75, 3.05) is 18.5 Å². The first kappa shape index (κ1) is 21.0. The van der Waals surface area contributed by atoms with Crippen molar-refractivity contribution in [3.8, 4) is 0 Å². The fourth-order valence-corrected chi connectivity index (χ4v) is 4.02. The Labute approximate surface area is 177 Å². The van der Waals surface area contributed by atoms with E-state index in [2.05, 4.69) is 25.9 Å². The van der Waals surface area contributed by atoms with Crippen molar-refractivity contribution in [1.29, 1.82) is 0 Å². The van der Waals surface area contributed by atoms with Crippen molar-refractivity contribution < 1.29 is 13.9 Å². The van der Waals surface area contributed by atoms with Crippen molar-refractivity contribution in [2.24, 2.45) is 0 Å². The number of aromatic nitrogens is 2. The molecular weight excluding hydrogens is 451 g/mol. The van der Waals surface area contributed by atoms with E-state index in [-0.39, 0.29) is 29.0 Å². The molecule has 1 saturated heterocycles. The van der Waals surface area contributed by atoms with Crippen molar-refractivity contribution in [3.05, 3.63) is 27.7 Å². The standard InChI is InChI=1S/C19H23BrClFN4O2/c1-10-13(8-9-26(10)18(27)28-19(2,3)4)25(5)16-11-6-7-12(20)14(22)15(11)23-17(21)24-16/h6-7,10,13H,8-9H2,1-5H3/t10-,13?/m1/s1. The van der Waals surface area contributed by atoms with Gasteiger partial charge in [0.05, 0.1) is 16.6 Å². The molecule has 6 nitrogen and oxygen atoms in total. The first-order valence-corrected chi connectivity index (χ1v) is 10.2. The van der Waals surface area contributed by atoms with E-state index in [0.717, 1.165) is 6.42 Å². The van der Waals surface area contributed by atoms with Crippen molar-refractivity contribution >= 4 is 50.3 Å². The summed E-state index contributed by atoms with van der Waals surface area (Å²) in [7, 11) is 1.87. The minimum Gasteiger partial charge on any atom is -0.444 e. The minimum absolute atomic E-state index is 0.0200. The summed E-state index contributed by atoms with van der Waals surface area (Å²) in [6.45, 7) is 8.08. The average Bonchev–Trinajstić information content (AvgIpc) is 2.97. The molecule has 0 N–H and O–H groups in total. The third-order valence-corrected chi connectivity index (χ3v) is 5.67. The van der Waals surface area contributed by atoms with Gasteiger partial charge in [-0.05, 0) is 73.8 Å². The Kier molecular flexibility index (Phi) is 5.74. The molecule has 1 amide bonds. The molecule has 2 aromatic rings. The highest BCUT2D eigenvalue weighted by molar-refractivity contribution is 9.10. The van der Waals surface area contributed by atoms with E-state index in [9.17, 15) is 9.18 Å². The molecule has 1 aliphatic rings. The van der Waals surface area contributed by atoms with Crippen molar-refractivity contribution in [1.82, 2.24) is 14.9 Å². The zero-order chi connectivity index (χ0) is 20.8. The van der Waals surface area contributed by atoms with Gasteiger partial charge in [-0.15, -0.1) is 0 Å². The van der Waals surface area contributed by atoms with Gasteiger partial charge in [-0.3, -0.25) is 0 Å². The lowest BCUT2D eigenvalue weighted by atomic mass is 10.1. The summed E-state index contributed by atoms with van der Waals surface area (Å²) in [4.78, 5) is 24.6. The zero-order valence-electron chi connectivity index (χ0n) is 16.5. The van der Waals surface area contributed by atoms with E-state index in [1.54, 1.807) is 17.0 Å². The van der Waals surface area contributed by atoms with Crippen LogP contribution in [0.4, 0.5) is 15.0 Å². The average molecular weight is 474 g/mol. The molecule has 2 heterocycles. The van der Waals surface area contributed by atoms with Crippen LogP contribution in [-0.4, -0.2) is 52.2 Å². The van der Waals surface area contributed by atoms with Gasteiger partial charge in [0.1, 0.15) is 16.9 Å². The molecule has 9 heteroatoms. The molecule has 0 radical (unpaired) electrons.